The lowest BCUT2D eigenvalue weighted by molar-refractivity contribution is -0.144. The first-order chi connectivity index (χ1) is 8.14. The molecule has 0 bridgehead atoms. The van der Waals surface area contributed by atoms with E-state index in [-0.39, 0.29) is 22.3 Å². The van der Waals surface area contributed by atoms with Gasteiger partial charge in [0.1, 0.15) is 0 Å². The summed E-state index contributed by atoms with van der Waals surface area (Å²) in [5.41, 5.74) is 0.420. The third-order valence-electron chi connectivity index (χ3n) is 3.85. The van der Waals surface area contributed by atoms with Gasteiger partial charge in [0.15, 0.2) is 0 Å². The Balaban J connectivity index is 2.97. The van der Waals surface area contributed by atoms with Gasteiger partial charge in [-0.3, -0.25) is 4.79 Å². The molecule has 0 amide bonds. The van der Waals surface area contributed by atoms with Gasteiger partial charge in [0, 0.05) is 5.54 Å². The number of carbonyl (C=O) groups is 1. The summed E-state index contributed by atoms with van der Waals surface area (Å²) >= 11 is 0. The third-order valence-corrected chi connectivity index (χ3v) is 3.85. The van der Waals surface area contributed by atoms with Crippen LogP contribution in [-0.4, -0.2) is 25.2 Å². The van der Waals surface area contributed by atoms with Crippen molar-refractivity contribution in [2.24, 2.45) is 10.8 Å². The average Bonchev–Trinajstić information content (AvgIpc) is 2.11. The number of hydrogen-bond donors (Lipinski definition) is 1. The highest BCUT2D eigenvalue weighted by molar-refractivity contribution is 5.70. The van der Waals surface area contributed by atoms with Crippen LogP contribution in [0.5, 0.6) is 0 Å². The molecule has 0 aliphatic heterocycles. The molecule has 0 atom stereocenters. The lowest BCUT2D eigenvalue weighted by Gasteiger charge is -2.52. The predicted octanol–water partition coefficient (Wildman–Crippen LogP) is 3.13. The van der Waals surface area contributed by atoms with Gasteiger partial charge in [-0.25, -0.2) is 0 Å². The van der Waals surface area contributed by atoms with Crippen LogP contribution in [0.3, 0.4) is 0 Å². The van der Waals surface area contributed by atoms with Gasteiger partial charge in [0.05, 0.1) is 13.5 Å². The largest absolute Gasteiger partial charge is 0.469 e. The number of ether oxygens (including phenoxy) is 1. The number of esters is 1. The minimum absolute atomic E-state index is 0.104. The Morgan fingerprint density at radius 1 is 1.11 bits per heavy atom. The van der Waals surface area contributed by atoms with Crippen molar-refractivity contribution in [1.29, 1.82) is 0 Å². The molecule has 1 saturated carbocycles. The Kier molecular flexibility index (Phi) is 4.47. The van der Waals surface area contributed by atoms with Crippen LogP contribution in [-0.2, 0) is 9.53 Å². The second-order valence-corrected chi connectivity index (χ2v) is 7.42. The van der Waals surface area contributed by atoms with Crippen LogP contribution in [0.1, 0.15) is 60.3 Å². The van der Waals surface area contributed by atoms with Gasteiger partial charge in [0.2, 0.25) is 0 Å². The maximum absolute atomic E-state index is 11.7. The highest BCUT2D eigenvalue weighted by atomic mass is 16.5. The van der Waals surface area contributed by atoms with Gasteiger partial charge >= 0.3 is 5.97 Å². The molecule has 0 saturated heterocycles. The van der Waals surface area contributed by atoms with Gasteiger partial charge in [-0.15, -0.1) is 0 Å². The predicted molar refractivity (Wildman–Crippen MR) is 74.5 cm³/mol. The number of methoxy groups -OCH3 is 1. The summed E-state index contributed by atoms with van der Waals surface area (Å²) in [6.45, 7) is 12.2. The van der Waals surface area contributed by atoms with Gasteiger partial charge in [0.25, 0.3) is 0 Å². The van der Waals surface area contributed by atoms with Crippen LogP contribution >= 0.6 is 0 Å². The number of rotatable bonds is 4. The van der Waals surface area contributed by atoms with Crippen molar-refractivity contribution in [2.75, 3.05) is 13.7 Å². The molecule has 1 aliphatic carbocycles. The van der Waals surface area contributed by atoms with E-state index < -0.39 is 0 Å². The molecule has 0 aromatic carbocycles. The summed E-state index contributed by atoms with van der Waals surface area (Å²) in [6.07, 6.45) is 3.75. The van der Waals surface area contributed by atoms with E-state index in [9.17, 15) is 4.79 Å². The summed E-state index contributed by atoms with van der Waals surface area (Å²) in [5.74, 6) is -0.107. The average molecular weight is 255 g/mol. The van der Waals surface area contributed by atoms with Crippen LogP contribution in [0.15, 0.2) is 0 Å². The lowest BCUT2D eigenvalue weighted by atomic mass is 9.57. The van der Waals surface area contributed by atoms with Crippen molar-refractivity contribution >= 4 is 5.97 Å². The van der Waals surface area contributed by atoms with E-state index >= 15 is 0 Å². The Hall–Kier alpha value is -0.570. The fraction of sp³-hybridized carbons (Fsp3) is 0.933. The molecule has 3 heteroatoms. The van der Waals surface area contributed by atoms with Gasteiger partial charge in [-0.05, 0) is 36.6 Å². The van der Waals surface area contributed by atoms with Gasteiger partial charge in [-0.2, -0.15) is 0 Å². The number of carbonyl (C=O) groups excluding carboxylic acids is 1. The van der Waals surface area contributed by atoms with E-state index in [0.717, 1.165) is 19.4 Å². The molecule has 18 heavy (non-hydrogen) atoms. The highest BCUT2D eigenvalue weighted by Crippen LogP contribution is 2.51. The molecule has 0 heterocycles. The Morgan fingerprint density at radius 2 is 1.61 bits per heavy atom. The zero-order valence-electron chi connectivity index (χ0n) is 12.9. The summed E-state index contributed by atoms with van der Waals surface area (Å²) in [5, 5.41) is 3.57. The van der Waals surface area contributed by atoms with Gasteiger partial charge < -0.3 is 10.1 Å². The molecule has 0 aromatic heterocycles. The number of nitrogens with one attached hydrogen (secondary N) is 1. The highest BCUT2D eigenvalue weighted by Gasteiger charge is 2.47. The Morgan fingerprint density at radius 3 is 2.00 bits per heavy atom. The van der Waals surface area contributed by atoms with E-state index in [2.05, 4.69) is 39.9 Å². The second kappa shape index (κ2) is 5.20. The second-order valence-electron chi connectivity index (χ2n) is 7.42. The number of hydrogen-bond acceptors (Lipinski definition) is 3. The minimum atomic E-state index is -0.107. The Labute approximate surface area is 112 Å². The first-order valence-electron chi connectivity index (χ1n) is 6.96. The molecule has 0 spiro atoms. The molecule has 1 fully saturated rings. The van der Waals surface area contributed by atoms with Crippen molar-refractivity contribution in [3.8, 4) is 0 Å². The minimum Gasteiger partial charge on any atom is -0.469 e. The molecule has 1 N–H and O–H groups in total. The first kappa shape index (κ1) is 15.5. The monoisotopic (exact) mass is 255 g/mol. The quantitative estimate of drug-likeness (QED) is 0.784. The molecular weight excluding hydrogens is 226 g/mol. The van der Waals surface area contributed by atoms with Crippen LogP contribution in [0, 0.1) is 10.8 Å². The van der Waals surface area contributed by atoms with Crippen LogP contribution in [0.4, 0.5) is 0 Å². The zero-order valence-corrected chi connectivity index (χ0v) is 12.9. The molecule has 0 unspecified atom stereocenters. The first-order valence-corrected chi connectivity index (χ1v) is 6.96. The van der Waals surface area contributed by atoms with Crippen LogP contribution in [0.2, 0.25) is 0 Å². The van der Waals surface area contributed by atoms with E-state index in [1.807, 2.05) is 0 Å². The molecule has 3 nitrogen and oxygen atoms in total. The summed E-state index contributed by atoms with van der Waals surface area (Å²) in [6, 6.07) is 0. The topological polar surface area (TPSA) is 38.3 Å². The summed E-state index contributed by atoms with van der Waals surface area (Å²) in [4.78, 5) is 11.7. The van der Waals surface area contributed by atoms with Crippen molar-refractivity contribution < 1.29 is 9.53 Å². The lowest BCUT2D eigenvalue weighted by Crippen LogP contribution is -2.56. The summed E-state index contributed by atoms with van der Waals surface area (Å²) < 4.78 is 4.88. The zero-order chi connectivity index (χ0) is 14.0. The fourth-order valence-corrected chi connectivity index (χ4v) is 4.35. The van der Waals surface area contributed by atoms with Crippen molar-refractivity contribution in [2.45, 2.75) is 65.8 Å². The smallest absolute Gasteiger partial charge is 0.307 e. The molecule has 1 aliphatic rings. The van der Waals surface area contributed by atoms with Crippen molar-refractivity contribution in [1.82, 2.24) is 5.32 Å². The maximum atomic E-state index is 11.7. The normalized spacial score (nSPS) is 24.6. The Bertz CT molecular complexity index is 292. The van der Waals surface area contributed by atoms with Crippen LogP contribution in [0.25, 0.3) is 0 Å². The van der Waals surface area contributed by atoms with E-state index in [1.54, 1.807) is 0 Å². The van der Waals surface area contributed by atoms with E-state index in [1.165, 1.54) is 13.5 Å². The SMILES string of the molecule is CCNC1(CC(=O)OC)CC(C)(C)CC(C)(C)C1. The molecule has 0 aromatic rings. The van der Waals surface area contributed by atoms with E-state index in [0.29, 0.717) is 6.42 Å². The molecule has 0 radical (unpaired) electrons. The maximum Gasteiger partial charge on any atom is 0.307 e. The van der Waals surface area contributed by atoms with Crippen LogP contribution < -0.4 is 5.32 Å². The summed E-state index contributed by atoms with van der Waals surface area (Å²) in [7, 11) is 1.47. The van der Waals surface area contributed by atoms with Crippen molar-refractivity contribution in [3.63, 3.8) is 0 Å². The fourth-order valence-electron chi connectivity index (χ4n) is 4.35. The molecule has 1 rings (SSSR count). The van der Waals surface area contributed by atoms with Gasteiger partial charge in [-0.1, -0.05) is 34.6 Å². The van der Waals surface area contributed by atoms with E-state index in [4.69, 9.17) is 4.74 Å². The molecular formula is C15H29NO2. The van der Waals surface area contributed by atoms with Crippen molar-refractivity contribution in [3.05, 3.63) is 0 Å². The molecule has 106 valence electrons. The third kappa shape index (κ3) is 3.98. The standard InChI is InChI=1S/C15H29NO2/c1-7-16-15(8-12(17)18-6)10-13(2,3)9-14(4,5)11-15/h16H,7-11H2,1-6H3.